The molecule has 9 heteroatoms. The molecule has 18 heavy (non-hydrogen) atoms. The number of piperazine rings is 1. The molecule has 3 aliphatic rings. The van der Waals surface area contributed by atoms with Gasteiger partial charge in [-0.05, 0) is 4.70 Å². The molecule has 9 nitrogen and oxygen atoms in total. The van der Waals surface area contributed by atoms with E-state index in [2.05, 4.69) is 20.5 Å². The van der Waals surface area contributed by atoms with Gasteiger partial charge in [-0.3, -0.25) is 4.99 Å². The number of carbonyl (C=O) groups is 1. The Bertz CT molecular complexity index is 489. The van der Waals surface area contributed by atoms with Gasteiger partial charge in [0.1, 0.15) is 12.3 Å². The third-order valence-electron chi connectivity index (χ3n) is 3.16. The predicted octanol–water partition coefficient (Wildman–Crippen LogP) is -1.07. The van der Waals surface area contributed by atoms with Crippen LogP contribution in [0.15, 0.2) is 32.9 Å². The predicted molar refractivity (Wildman–Crippen MR) is 58.7 cm³/mol. The smallest absolute Gasteiger partial charge is 0.320 e. The molecule has 0 radical (unpaired) electrons. The van der Waals surface area contributed by atoms with Crippen molar-refractivity contribution in [2.24, 2.45) is 20.5 Å². The van der Waals surface area contributed by atoms with Gasteiger partial charge in [-0.25, -0.2) is 0 Å². The fourth-order valence-electron chi connectivity index (χ4n) is 2.18. The van der Waals surface area contributed by atoms with Crippen LogP contribution in [-0.2, 0) is 0 Å². The van der Waals surface area contributed by atoms with Crippen LogP contribution in [0.4, 0.5) is 4.79 Å². The van der Waals surface area contributed by atoms with Crippen LogP contribution in [0, 0.1) is 0 Å². The van der Waals surface area contributed by atoms with Gasteiger partial charge < -0.3 is 14.8 Å². The molecule has 3 aliphatic heterocycles. The molecule has 0 aromatic carbocycles. The van der Waals surface area contributed by atoms with Gasteiger partial charge in [0.05, 0.1) is 24.5 Å². The maximum atomic E-state index is 10.8. The van der Waals surface area contributed by atoms with Gasteiger partial charge >= 0.3 is 5.84 Å². The number of carboxylic acid groups (broad SMARTS) is 1. The van der Waals surface area contributed by atoms with Gasteiger partial charge in [-0.1, -0.05) is 5.10 Å². The van der Waals surface area contributed by atoms with E-state index in [0.29, 0.717) is 32.0 Å². The molecule has 94 valence electrons. The highest BCUT2D eigenvalue weighted by Crippen LogP contribution is 2.25. The Morgan fingerprint density at radius 1 is 1.33 bits per heavy atom. The van der Waals surface area contributed by atoms with Crippen LogP contribution in [0.25, 0.3) is 0 Å². The maximum absolute atomic E-state index is 10.8. The molecule has 0 spiro atoms. The van der Waals surface area contributed by atoms with Gasteiger partial charge in [0, 0.05) is 18.3 Å². The number of fused-ring (bicyclic) bond motifs is 1. The molecule has 0 aliphatic carbocycles. The molecule has 3 rings (SSSR count). The molecule has 1 fully saturated rings. The average Bonchev–Trinajstić information content (AvgIpc) is 2.83. The van der Waals surface area contributed by atoms with Gasteiger partial charge in [0.15, 0.2) is 6.20 Å². The van der Waals surface area contributed by atoms with Crippen molar-refractivity contribution < 1.29 is 14.6 Å². The Labute approximate surface area is 103 Å². The zero-order valence-electron chi connectivity index (χ0n) is 9.51. The first-order valence-electron chi connectivity index (χ1n) is 5.54. The molecule has 1 saturated heterocycles. The van der Waals surface area contributed by atoms with Crippen LogP contribution in [-0.4, -0.2) is 58.9 Å². The van der Waals surface area contributed by atoms with E-state index in [1.165, 1.54) is 4.90 Å². The maximum Gasteiger partial charge on any atom is 0.320 e. The van der Waals surface area contributed by atoms with E-state index in [9.17, 15) is 9.90 Å². The molecule has 1 amide bonds. The lowest BCUT2D eigenvalue weighted by molar-refractivity contribution is -0.921. The molecule has 1 unspecified atom stereocenters. The summed E-state index contributed by atoms with van der Waals surface area (Å²) in [7, 11) is 0. The summed E-state index contributed by atoms with van der Waals surface area (Å²) in [6, 6.07) is 0. The summed E-state index contributed by atoms with van der Waals surface area (Å²) in [5.41, 5.74) is 0. The van der Waals surface area contributed by atoms with Crippen molar-refractivity contribution in [3.8, 4) is 0 Å². The number of aliphatic imine (C=N–C) groups is 1. The van der Waals surface area contributed by atoms with E-state index in [4.69, 9.17) is 0 Å². The summed E-state index contributed by atoms with van der Waals surface area (Å²) < 4.78 is 0.0460. The lowest BCUT2D eigenvalue weighted by Crippen LogP contribution is -2.63. The monoisotopic (exact) mass is 249 g/mol. The normalized spacial score (nSPS) is 30.4. The Balaban J connectivity index is 1.79. The van der Waals surface area contributed by atoms with Crippen LogP contribution < -0.4 is 5.11 Å². The number of carbonyl (C=O) groups excluding carboxylic acids is 1. The Morgan fingerprint density at radius 2 is 2.11 bits per heavy atom. The minimum Gasteiger partial charge on any atom is -0.530 e. The van der Waals surface area contributed by atoms with Crippen molar-refractivity contribution in [3.63, 3.8) is 0 Å². The highest BCUT2D eigenvalue weighted by Gasteiger charge is 2.46. The first-order valence-corrected chi connectivity index (χ1v) is 5.54. The number of hydrogen-bond donors (Lipinski definition) is 0. The lowest BCUT2D eigenvalue weighted by atomic mass is 10.3. The van der Waals surface area contributed by atoms with Crippen LogP contribution in [0.3, 0.4) is 0 Å². The summed E-state index contributed by atoms with van der Waals surface area (Å²) in [6.07, 6.45) is 3.87. The SMILES string of the molecule is O=C([O-])N1CCN([N+]23C=CN=CC2=NN=N3)CC1. The van der Waals surface area contributed by atoms with Crippen LogP contribution in [0.2, 0.25) is 0 Å². The van der Waals surface area contributed by atoms with E-state index in [0.717, 1.165) is 0 Å². The zero-order chi connectivity index (χ0) is 12.6. The Hall–Kier alpha value is -2.13. The summed E-state index contributed by atoms with van der Waals surface area (Å²) in [4.78, 5) is 16.0. The fourth-order valence-corrected chi connectivity index (χ4v) is 2.18. The van der Waals surface area contributed by atoms with Crippen molar-refractivity contribution in [1.29, 1.82) is 0 Å². The second-order valence-corrected chi connectivity index (χ2v) is 4.07. The molecule has 1 atom stereocenters. The number of amides is 1. The molecule has 0 saturated carbocycles. The fraction of sp³-hybridized carbons (Fsp3) is 0.444. The second kappa shape index (κ2) is 3.96. The minimum absolute atomic E-state index is 0.0460. The molecule has 0 aromatic heterocycles. The largest absolute Gasteiger partial charge is 0.530 e. The van der Waals surface area contributed by atoms with Gasteiger partial charge in [0.25, 0.3) is 0 Å². The van der Waals surface area contributed by atoms with Gasteiger partial charge in [-0.15, -0.1) is 5.01 Å². The number of nitrogens with zero attached hydrogens (tertiary/aromatic N) is 7. The Kier molecular flexibility index (Phi) is 2.42. The highest BCUT2D eigenvalue weighted by atomic mass is 16.4. The van der Waals surface area contributed by atoms with Crippen molar-refractivity contribution >= 4 is 18.1 Å². The van der Waals surface area contributed by atoms with E-state index in [1.807, 2.05) is 5.01 Å². The van der Waals surface area contributed by atoms with E-state index in [1.54, 1.807) is 18.6 Å². The molecular weight excluding hydrogens is 238 g/mol. The van der Waals surface area contributed by atoms with Crippen LogP contribution in [0.1, 0.15) is 0 Å². The van der Waals surface area contributed by atoms with Crippen LogP contribution >= 0.6 is 0 Å². The van der Waals surface area contributed by atoms with Crippen molar-refractivity contribution in [1.82, 2.24) is 9.91 Å². The number of hydrogen-bond acceptors (Lipinski definition) is 7. The minimum atomic E-state index is -1.14. The molecule has 0 bridgehead atoms. The summed E-state index contributed by atoms with van der Waals surface area (Å²) in [6.45, 7) is 1.83. The van der Waals surface area contributed by atoms with E-state index in [-0.39, 0.29) is 4.70 Å². The quantitative estimate of drug-likeness (QED) is 0.553. The number of quaternary nitrogens is 1. The summed E-state index contributed by atoms with van der Waals surface area (Å²) in [5.74, 6) is 0.611. The Morgan fingerprint density at radius 3 is 2.83 bits per heavy atom. The van der Waals surface area contributed by atoms with Crippen molar-refractivity contribution in [2.45, 2.75) is 0 Å². The first-order chi connectivity index (χ1) is 8.72. The van der Waals surface area contributed by atoms with E-state index < -0.39 is 6.09 Å². The first kappa shape index (κ1) is 11.0. The summed E-state index contributed by atoms with van der Waals surface area (Å²) in [5, 5.41) is 24.5. The topological polar surface area (TPSA) is 96.0 Å². The second-order valence-electron chi connectivity index (χ2n) is 4.07. The summed E-state index contributed by atoms with van der Waals surface area (Å²) >= 11 is 0. The van der Waals surface area contributed by atoms with Gasteiger partial charge in [-0.2, -0.15) is 0 Å². The van der Waals surface area contributed by atoms with Crippen molar-refractivity contribution in [2.75, 3.05) is 26.2 Å². The zero-order valence-corrected chi connectivity index (χ0v) is 9.51. The number of rotatable bonds is 1. The molecule has 3 heterocycles. The van der Waals surface area contributed by atoms with E-state index >= 15 is 0 Å². The third-order valence-corrected chi connectivity index (χ3v) is 3.16. The highest BCUT2D eigenvalue weighted by molar-refractivity contribution is 6.26. The van der Waals surface area contributed by atoms with Gasteiger partial charge in [0.2, 0.25) is 0 Å². The molecular formula is C9H11N7O2. The number of amidine groups is 1. The average molecular weight is 249 g/mol. The lowest BCUT2D eigenvalue weighted by Gasteiger charge is -2.40. The standard InChI is InChI=1S/C9H11N7O2/c17-9(18)14-2-4-15(5-3-14)16-6-1-10-7-8(16)11-12-13-16/h1,6-7H,2-5H2. The molecule has 0 N–H and O–H groups in total. The molecule has 0 aromatic rings. The van der Waals surface area contributed by atoms with Crippen molar-refractivity contribution in [3.05, 3.63) is 12.4 Å². The van der Waals surface area contributed by atoms with Crippen LogP contribution in [0.5, 0.6) is 0 Å². The third kappa shape index (κ3) is 1.52.